The Morgan fingerprint density at radius 2 is 2.21 bits per heavy atom. The number of alkyl carbamates (subject to hydrolysis) is 1. The minimum absolute atomic E-state index is 0.0742. The number of hydrogen-bond donors (Lipinski definition) is 2. The minimum atomic E-state index is -0.551. The van der Waals surface area contributed by atoms with Crippen molar-refractivity contribution in [3.05, 3.63) is 0 Å². The highest BCUT2D eigenvalue weighted by Gasteiger charge is 2.33. The molecule has 0 unspecified atom stereocenters. The van der Waals surface area contributed by atoms with Crippen molar-refractivity contribution in [1.82, 2.24) is 5.32 Å². The molecule has 82 valence electrons. The molecule has 0 saturated carbocycles. The van der Waals surface area contributed by atoms with Crippen molar-refractivity contribution in [2.45, 2.75) is 25.3 Å². The Kier molecular flexibility index (Phi) is 4.16. The van der Waals surface area contributed by atoms with E-state index in [9.17, 15) is 9.90 Å². The fourth-order valence-electron chi connectivity index (χ4n) is 1.47. The summed E-state index contributed by atoms with van der Waals surface area (Å²) in [6, 6.07) is 0. The summed E-state index contributed by atoms with van der Waals surface area (Å²) in [6.07, 6.45) is 0.786. The van der Waals surface area contributed by atoms with Crippen LogP contribution < -0.4 is 5.32 Å². The highest BCUT2D eigenvalue weighted by Crippen LogP contribution is 2.19. The zero-order valence-corrected chi connectivity index (χ0v) is 8.41. The number of nitrogens with one attached hydrogen (secondary N) is 1. The molecule has 1 saturated heterocycles. The molecular weight excluding hydrogens is 186 g/mol. The van der Waals surface area contributed by atoms with Gasteiger partial charge in [0.2, 0.25) is 0 Å². The van der Waals surface area contributed by atoms with E-state index in [-0.39, 0.29) is 6.61 Å². The summed E-state index contributed by atoms with van der Waals surface area (Å²) < 4.78 is 9.93. The van der Waals surface area contributed by atoms with Crippen molar-refractivity contribution < 1.29 is 19.4 Å². The Balaban J connectivity index is 2.47. The van der Waals surface area contributed by atoms with Crippen molar-refractivity contribution in [3.63, 3.8) is 0 Å². The highest BCUT2D eigenvalue weighted by atomic mass is 16.5. The van der Waals surface area contributed by atoms with Gasteiger partial charge in [0.25, 0.3) is 0 Å². The molecule has 1 aliphatic rings. The molecule has 0 atom stereocenters. The van der Waals surface area contributed by atoms with E-state index in [2.05, 4.69) is 5.32 Å². The fraction of sp³-hybridized carbons (Fsp3) is 0.889. The summed E-state index contributed by atoms with van der Waals surface area (Å²) in [5.41, 5.74) is -0.551. The number of aliphatic hydroxyl groups excluding tert-OH is 1. The van der Waals surface area contributed by atoms with Crippen molar-refractivity contribution in [2.75, 3.05) is 26.4 Å². The molecule has 0 spiro atoms. The highest BCUT2D eigenvalue weighted by molar-refractivity contribution is 5.68. The molecule has 0 bridgehead atoms. The Labute approximate surface area is 83.4 Å². The van der Waals surface area contributed by atoms with Gasteiger partial charge in [0, 0.05) is 13.2 Å². The summed E-state index contributed by atoms with van der Waals surface area (Å²) in [7, 11) is 0. The molecule has 2 N–H and O–H groups in total. The normalized spacial score (nSPS) is 20.1. The molecule has 1 heterocycles. The van der Waals surface area contributed by atoms with Crippen molar-refractivity contribution in [1.29, 1.82) is 0 Å². The van der Waals surface area contributed by atoms with Crippen LogP contribution in [0, 0.1) is 0 Å². The van der Waals surface area contributed by atoms with Gasteiger partial charge in [-0.15, -0.1) is 0 Å². The van der Waals surface area contributed by atoms with E-state index in [0.717, 1.165) is 0 Å². The lowest BCUT2D eigenvalue weighted by atomic mass is 9.91. The Morgan fingerprint density at radius 3 is 2.71 bits per heavy atom. The summed E-state index contributed by atoms with van der Waals surface area (Å²) in [5.74, 6) is 0. The SMILES string of the molecule is CCOC(=O)NC1(CO)CCOCC1. The molecule has 14 heavy (non-hydrogen) atoms. The van der Waals surface area contributed by atoms with Gasteiger partial charge in [-0.1, -0.05) is 0 Å². The smallest absolute Gasteiger partial charge is 0.407 e. The van der Waals surface area contributed by atoms with Gasteiger partial charge in [0.1, 0.15) is 0 Å². The molecule has 1 amide bonds. The van der Waals surface area contributed by atoms with E-state index in [0.29, 0.717) is 32.7 Å². The summed E-state index contributed by atoms with van der Waals surface area (Å²) in [5, 5.41) is 11.9. The van der Waals surface area contributed by atoms with Crippen molar-refractivity contribution >= 4 is 6.09 Å². The molecule has 0 aromatic rings. The van der Waals surface area contributed by atoms with Crippen LogP contribution in [0.1, 0.15) is 19.8 Å². The maximum absolute atomic E-state index is 11.2. The molecule has 1 aliphatic heterocycles. The van der Waals surface area contributed by atoms with Gasteiger partial charge in [-0.05, 0) is 19.8 Å². The lowest BCUT2D eigenvalue weighted by Crippen LogP contribution is -2.54. The number of aliphatic hydroxyl groups is 1. The first-order valence-electron chi connectivity index (χ1n) is 4.86. The maximum atomic E-state index is 11.2. The first kappa shape index (κ1) is 11.3. The number of amides is 1. The van der Waals surface area contributed by atoms with Gasteiger partial charge in [-0.3, -0.25) is 0 Å². The largest absolute Gasteiger partial charge is 0.450 e. The molecule has 5 nitrogen and oxygen atoms in total. The average molecular weight is 203 g/mol. The molecule has 1 rings (SSSR count). The summed E-state index contributed by atoms with van der Waals surface area (Å²) in [6.45, 7) is 3.13. The van der Waals surface area contributed by atoms with Crippen LogP contribution in [-0.4, -0.2) is 43.2 Å². The van der Waals surface area contributed by atoms with Gasteiger partial charge >= 0.3 is 6.09 Å². The van der Waals surface area contributed by atoms with Crippen LogP contribution in [0.3, 0.4) is 0 Å². The van der Waals surface area contributed by atoms with Crippen LogP contribution in [0.4, 0.5) is 4.79 Å². The Hall–Kier alpha value is -0.810. The molecule has 0 radical (unpaired) electrons. The topological polar surface area (TPSA) is 67.8 Å². The predicted molar refractivity (Wildman–Crippen MR) is 50.0 cm³/mol. The lowest BCUT2D eigenvalue weighted by molar-refractivity contribution is 0.0111. The van der Waals surface area contributed by atoms with E-state index in [4.69, 9.17) is 9.47 Å². The maximum Gasteiger partial charge on any atom is 0.407 e. The molecule has 5 heteroatoms. The first-order valence-corrected chi connectivity index (χ1v) is 4.86. The van der Waals surface area contributed by atoms with Crippen LogP contribution in [0.25, 0.3) is 0 Å². The van der Waals surface area contributed by atoms with Crippen LogP contribution >= 0.6 is 0 Å². The molecule has 0 aliphatic carbocycles. The minimum Gasteiger partial charge on any atom is -0.450 e. The summed E-state index contributed by atoms with van der Waals surface area (Å²) >= 11 is 0. The first-order chi connectivity index (χ1) is 6.72. The van der Waals surface area contributed by atoms with Crippen LogP contribution in [0.5, 0.6) is 0 Å². The molecular formula is C9H17NO4. The van der Waals surface area contributed by atoms with E-state index in [1.54, 1.807) is 6.92 Å². The molecule has 0 aromatic carbocycles. The second kappa shape index (κ2) is 5.17. The Bertz CT molecular complexity index is 189. The van der Waals surface area contributed by atoms with Gasteiger partial charge in [0.05, 0.1) is 18.8 Å². The van der Waals surface area contributed by atoms with Crippen LogP contribution in [-0.2, 0) is 9.47 Å². The molecule has 1 fully saturated rings. The van der Waals surface area contributed by atoms with Crippen LogP contribution in [0.15, 0.2) is 0 Å². The van der Waals surface area contributed by atoms with E-state index < -0.39 is 11.6 Å². The second-order valence-electron chi connectivity index (χ2n) is 3.40. The van der Waals surface area contributed by atoms with E-state index in [1.165, 1.54) is 0 Å². The van der Waals surface area contributed by atoms with Crippen LogP contribution in [0.2, 0.25) is 0 Å². The predicted octanol–water partition coefficient (Wildman–Crippen LogP) is 0.274. The standard InChI is InChI=1S/C9H17NO4/c1-2-14-8(12)10-9(7-11)3-5-13-6-4-9/h11H,2-7H2,1H3,(H,10,12). The Morgan fingerprint density at radius 1 is 1.57 bits per heavy atom. The van der Waals surface area contributed by atoms with Gasteiger partial charge in [0.15, 0.2) is 0 Å². The van der Waals surface area contributed by atoms with Gasteiger partial charge in [-0.2, -0.15) is 0 Å². The van der Waals surface area contributed by atoms with Gasteiger partial charge in [-0.25, -0.2) is 4.79 Å². The third-order valence-corrected chi connectivity index (χ3v) is 2.40. The third kappa shape index (κ3) is 2.85. The van der Waals surface area contributed by atoms with E-state index >= 15 is 0 Å². The number of ether oxygens (including phenoxy) is 2. The van der Waals surface area contributed by atoms with Crippen molar-refractivity contribution in [3.8, 4) is 0 Å². The lowest BCUT2D eigenvalue weighted by Gasteiger charge is -2.35. The molecule has 0 aromatic heterocycles. The second-order valence-corrected chi connectivity index (χ2v) is 3.40. The number of hydrogen-bond acceptors (Lipinski definition) is 4. The van der Waals surface area contributed by atoms with Gasteiger partial charge < -0.3 is 19.9 Å². The average Bonchev–Trinajstić information content (AvgIpc) is 2.19. The zero-order valence-electron chi connectivity index (χ0n) is 8.41. The number of rotatable bonds is 3. The fourth-order valence-corrected chi connectivity index (χ4v) is 1.47. The third-order valence-electron chi connectivity index (χ3n) is 2.40. The number of carbonyl (C=O) groups excluding carboxylic acids is 1. The monoisotopic (exact) mass is 203 g/mol. The quantitative estimate of drug-likeness (QED) is 0.691. The number of carbonyl (C=O) groups is 1. The van der Waals surface area contributed by atoms with Crippen molar-refractivity contribution in [2.24, 2.45) is 0 Å². The summed E-state index contributed by atoms with van der Waals surface area (Å²) in [4.78, 5) is 11.2. The van der Waals surface area contributed by atoms with E-state index in [1.807, 2.05) is 0 Å². The zero-order chi connectivity index (χ0) is 10.4.